The van der Waals surface area contributed by atoms with Crippen LogP contribution in [-0.2, 0) is 0 Å². The Balaban J connectivity index is 0. The molecule has 0 aliphatic carbocycles. The van der Waals surface area contributed by atoms with Crippen molar-refractivity contribution in [3.05, 3.63) is 25.1 Å². The molecule has 1 atom stereocenters. The summed E-state index contributed by atoms with van der Waals surface area (Å²) in [6.45, 7) is 14.1. The van der Waals surface area contributed by atoms with E-state index in [4.69, 9.17) is 0 Å². The Labute approximate surface area is 77.8 Å². The third kappa shape index (κ3) is 6.02. The van der Waals surface area contributed by atoms with E-state index in [1.54, 1.807) is 0 Å². The van der Waals surface area contributed by atoms with Gasteiger partial charge in [0.25, 0.3) is 0 Å². The first-order chi connectivity index (χ1) is 5.76. The molecule has 0 aromatic heterocycles. The monoisotopic (exact) mass is 169 g/mol. The highest BCUT2D eigenvalue weighted by atomic mass is 15.1. The van der Waals surface area contributed by atoms with Gasteiger partial charge in [0, 0.05) is 6.04 Å². The Bertz CT molecular complexity index is 116. The van der Waals surface area contributed by atoms with Crippen molar-refractivity contribution in [3.8, 4) is 0 Å². The molecule has 0 aromatic carbocycles. The molecule has 0 N–H and O–H groups in total. The van der Waals surface area contributed by atoms with E-state index in [9.17, 15) is 0 Å². The first kappa shape index (κ1) is 13.8. The van der Waals surface area contributed by atoms with E-state index in [0.29, 0.717) is 6.04 Å². The van der Waals surface area contributed by atoms with Crippen molar-refractivity contribution in [1.82, 2.24) is 4.90 Å². The summed E-state index contributed by atoms with van der Waals surface area (Å²) in [6, 6.07) is 0.564. The van der Waals surface area contributed by atoms with Crippen molar-refractivity contribution in [2.45, 2.75) is 47.1 Å². The Hall–Kier alpha value is -0.720. The van der Waals surface area contributed by atoms with Crippen LogP contribution in [0.2, 0.25) is 0 Å². The quantitative estimate of drug-likeness (QED) is 0.619. The average molecular weight is 169 g/mol. The largest absolute Gasteiger partial charge is 0.352 e. The molecule has 0 aliphatic rings. The van der Waals surface area contributed by atoms with E-state index in [1.165, 1.54) is 0 Å². The van der Waals surface area contributed by atoms with Gasteiger partial charge in [0.05, 0.1) is 0 Å². The van der Waals surface area contributed by atoms with E-state index >= 15 is 0 Å². The third-order valence-corrected chi connectivity index (χ3v) is 1.63. The zero-order valence-electron chi connectivity index (χ0n) is 9.17. The second-order valence-corrected chi connectivity index (χ2v) is 2.37. The molecule has 0 rings (SSSR count). The molecular weight excluding hydrogens is 146 g/mol. The van der Waals surface area contributed by atoms with Gasteiger partial charge < -0.3 is 4.90 Å². The maximum Gasteiger partial charge on any atom is 0.0299 e. The molecule has 0 spiro atoms. The van der Waals surface area contributed by atoms with Gasteiger partial charge in [-0.1, -0.05) is 33.4 Å². The molecule has 1 nitrogen and oxygen atoms in total. The summed E-state index contributed by atoms with van der Waals surface area (Å²) < 4.78 is 0. The molecule has 12 heavy (non-hydrogen) atoms. The molecule has 0 radical (unpaired) electrons. The van der Waals surface area contributed by atoms with Crippen LogP contribution in [-0.4, -0.2) is 10.9 Å². The van der Waals surface area contributed by atoms with Gasteiger partial charge in [0.1, 0.15) is 0 Å². The van der Waals surface area contributed by atoms with Gasteiger partial charge in [-0.3, -0.25) is 0 Å². The van der Waals surface area contributed by atoms with E-state index in [1.807, 2.05) is 39.2 Å². The Morgan fingerprint density at radius 1 is 1.42 bits per heavy atom. The molecule has 0 amide bonds. The molecule has 0 aliphatic heterocycles. The van der Waals surface area contributed by atoms with Crippen molar-refractivity contribution in [1.29, 1.82) is 0 Å². The SMILES string of the molecule is C=CN(/C=C\C)C(C)CC.CC. The van der Waals surface area contributed by atoms with E-state index < -0.39 is 0 Å². The molecular formula is C11H23N. The van der Waals surface area contributed by atoms with Crippen molar-refractivity contribution in [2.75, 3.05) is 0 Å². The normalized spacial score (nSPS) is 11.8. The zero-order valence-corrected chi connectivity index (χ0v) is 9.17. The number of hydrogen-bond acceptors (Lipinski definition) is 1. The van der Waals surface area contributed by atoms with Crippen LogP contribution in [0.25, 0.3) is 0 Å². The zero-order chi connectivity index (χ0) is 9.98. The topological polar surface area (TPSA) is 3.24 Å². The fourth-order valence-corrected chi connectivity index (χ4v) is 0.771. The minimum Gasteiger partial charge on any atom is -0.352 e. The molecule has 1 unspecified atom stereocenters. The summed E-state index contributed by atoms with van der Waals surface area (Å²) in [7, 11) is 0. The lowest BCUT2D eigenvalue weighted by molar-refractivity contribution is 0.380. The summed E-state index contributed by atoms with van der Waals surface area (Å²) in [5.41, 5.74) is 0. The fourth-order valence-electron chi connectivity index (χ4n) is 0.771. The lowest BCUT2D eigenvalue weighted by atomic mass is 10.2. The molecule has 0 aromatic rings. The van der Waals surface area contributed by atoms with Crippen LogP contribution in [0.1, 0.15) is 41.0 Å². The first-order valence-corrected chi connectivity index (χ1v) is 4.79. The van der Waals surface area contributed by atoms with Crippen LogP contribution >= 0.6 is 0 Å². The minimum absolute atomic E-state index is 0.564. The van der Waals surface area contributed by atoms with E-state index in [2.05, 4.69) is 25.3 Å². The van der Waals surface area contributed by atoms with Gasteiger partial charge in [-0.05, 0) is 32.7 Å². The van der Waals surface area contributed by atoms with Crippen LogP contribution in [0.15, 0.2) is 25.1 Å². The highest BCUT2D eigenvalue weighted by Gasteiger charge is 2.01. The van der Waals surface area contributed by atoms with Crippen LogP contribution < -0.4 is 0 Å². The third-order valence-electron chi connectivity index (χ3n) is 1.63. The van der Waals surface area contributed by atoms with Gasteiger partial charge in [-0.15, -0.1) is 0 Å². The van der Waals surface area contributed by atoms with E-state index in [0.717, 1.165) is 6.42 Å². The summed E-state index contributed by atoms with van der Waals surface area (Å²) in [6.07, 6.45) is 7.07. The van der Waals surface area contributed by atoms with Crippen molar-refractivity contribution in [3.63, 3.8) is 0 Å². The van der Waals surface area contributed by atoms with Crippen LogP contribution in [0.4, 0.5) is 0 Å². The van der Waals surface area contributed by atoms with Crippen molar-refractivity contribution in [2.24, 2.45) is 0 Å². The number of allylic oxidation sites excluding steroid dienone is 1. The molecule has 0 saturated heterocycles. The second kappa shape index (κ2) is 10.3. The van der Waals surface area contributed by atoms with Gasteiger partial charge in [0.2, 0.25) is 0 Å². The van der Waals surface area contributed by atoms with E-state index in [-0.39, 0.29) is 0 Å². The highest BCUT2D eigenvalue weighted by Crippen LogP contribution is 2.03. The molecule has 0 heterocycles. The van der Waals surface area contributed by atoms with Gasteiger partial charge in [-0.2, -0.15) is 0 Å². The summed E-state index contributed by atoms with van der Waals surface area (Å²) >= 11 is 0. The average Bonchev–Trinajstić information content (AvgIpc) is 2.16. The highest BCUT2D eigenvalue weighted by molar-refractivity contribution is 4.88. The van der Waals surface area contributed by atoms with Gasteiger partial charge >= 0.3 is 0 Å². The molecule has 0 saturated carbocycles. The number of rotatable bonds is 4. The Morgan fingerprint density at radius 2 is 1.92 bits per heavy atom. The second-order valence-electron chi connectivity index (χ2n) is 2.37. The lowest BCUT2D eigenvalue weighted by Crippen LogP contribution is -2.21. The predicted octanol–water partition coefficient (Wildman–Crippen LogP) is 3.79. The maximum atomic E-state index is 3.72. The van der Waals surface area contributed by atoms with Gasteiger partial charge in [-0.25, -0.2) is 0 Å². The Morgan fingerprint density at radius 3 is 2.17 bits per heavy atom. The number of nitrogens with zero attached hydrogens (tertiary/aromatic N) is 1. The predicted molar refractivity (Wildman–Crippen MR) is 58.0 cm³/mol. The summed E-state index contributed by atoms with van der Waals surface area (Å²) in [5, 5.41) is 0. The summed E-state index contributed by atoms with van der Waals surface area (Å²) in [5.74, 6) is 0. The van der Waals surface area contributed by atoms with Gasteiger partial charge in [0.15, 0.2) is 0 Å². The Kier molecular flexibility index (Phi) is 11.9. The lowest BCUT2D eigenvalue weighted by Gasteiger charge is -2.21. The standard InChI is InChI=1S/C9H17N.C2H6/c1-5-8-10(7-3)9(4)6-2;1-2/h5,7-9H,3,6H2,1-2,4H3;1-2H3/b8-5-;. The molecule has 0 bridgehead atoms. The molecule has 72 valence electrons. The summed E-state index contributed by atoms with van der Waals surface area (Å²) in [4.78, 5) is 2.11. The van der Waals surface area contributed by atoms with Crippen molar-refractivity contribution >= 4 is 0 Å². The maximum absolute atomic E-state index is 3.72. The van der Waals surface area contributed by atoms with Crippen LogP contribution in [0.5, 0.6) is 0 Å². The first-order valence-electron chi connectivity index (χ1n) is 4.79. The minimum atomic E-state index is 0.564. The van der Waals surface area contributed by atoms with Crippen molar-refractivity contribution < 1.29 is 0 Å². The number of hydrogen-bond donors (Lipinski definition) is 0. The van der Waals surface area contributed by atoms with Crippen LogP contribution in [0.3, 0.4) is 0 Å². The van der Waals surface area contributed by atoms with Crippen LogP contribution in [0, 0.1) is 0 Å². The molecule has 0 fully saturated rings. The smallest absolute Gasteiger partial charge is 0.0299 e. The molecule has 1 heteroatoms. The fraction of sp³-hybridized carbons (Fsp3) is 0.636.